The van der Waals surface area contributed by atoms with Crippen LogP contribution in [0, 0.1) is 29.2 Å². The van der Waals surface area contributed by atoms with Crippen molar-refractivity contribution in [2.24, 2.45) is 5.92 Å². The molecule has 4 rings (SSSR count). The molecule has 3 nitrogen and oxygen atoms in total. The standard InChI is InChI=1S/C33H30F10O3/c1-2-3-4-5-19-6-8-20(9-7-19)21-14-25(34)30(26(35)15-21)33(42,43)45-23-12-10-22(11-13-23)32(40,41)46-24-16-27(36)31(28(37)17-24)44-18-29(38)39/h10-20H,2-9H2,1H3. The summed E-state index contributed by atoms with van der Waals surface area (Å²) >= 11 is 0. The molecular weight excluding hydrogens is 634 g/mol. The van der Waals surface area contributed by atoms with Crippen molar-refractivity contribution in [1.29, 1.82) is 0 Å². The quantitative estimate of drug-likeness (QED) is 0.103. The maximum Gasteiger partial charge on any atom is 0.432 e. The Morgan fingerprint density at radius 3 is 1.85 bits per heavy atom. The van der Waals surface area contributed by atoms with E-state index in [2.05, 4.69) is 21.1 Å². The van der Waals surface area contributed by atoms with E-state index in [1.165, 1.54) is 0 Å². The van der Waals surface area contributed by atoms with E-state index in [0.717, 1.165) is 50.7 Å². The Hall–Kier alpha value is -3.90. The first-order chi connectivity index (χ1) is 21.7. The lowest BCUT2D eigenvalue weighted by Gasteiger charge is -2.29. The summed E-state index contributed by atoms with van der Waals surface area (Å²) in [7, 11) is 0. The third-order valence-electron chi connectivity index (χ3n) is 7.81. The summed E-state index contributed by atoms with van der Waals surface area (Å²) in [5.74, 6) is -9.02. The van der Waals surface area contributed by atoms with E-state index in [-0.39, 0.29) is 29.9 Å². The maximum atomic E-state index is 15.0. The van der Waals surface area contributed by atoms with Crippen LogP contribution in [0.15, 0.2) is 60.9 Å². The van der Waals surface area contributed by atoms with E-state index < -0.39 is 69.9 Å². The molecule has 0 bridgehead atoms. The number of unbranched alkanes of at least 4 members (excludes halogenated alkanes) is 2. The summed E-state index contributed by atoms with van der Waals surface area (Å²) in [5.41, 5.74) is -2.34. The molecule has 1 aliphatic rings. The first-order valence-corrected chi connectivity index (χ1v) is 14.6. The van der Waals surface area contributed by atoms with E-state index in [1.807, 2.05) is 0 Å². The molecule has 0 aliphatic heterocycles. The smallest absolute Gasteiger partial charge is 0.432 e. The topological polar surface area (TPSA) is 27.7 Å². The lowest BCUT2D eigenvalue weighted by Crippen LogP contribution is -2.26. The van der Waals surface area contributed by atoms with Crippen LogP contribution >= 0.6 is 0 Å². The van der Waals surface area contributed by atoms with Gasteiger partial charge in [-0.3, -0.25) is 0 Å². The molecule has 1 fully saturated rings. The fourth-order valence-electron chi connectivity index (χ4n) is 5.51. The predicted octanol–water partition coefficient (Wildman–Crippen LogP) is 11.5. The molecule has 0 heterocycles. The predicted molar refractivity (Wildman–Crippen MR) is 148 cm³/mol. The summed E-state index contributed by atoms with van der Waals surface area (Å²) < 4.78 is 154. The number of hydrogen-bond donors (Lipinski definition) is 0. The Morgan fingerprint density at radius 1 is 0.739 bits per heavy atom. The van der Waals surface area contributed by atoms with Crippen LogP contribution in [0.4, 0.5) is 43.9 Å². The summed E-state index contributed by atoms with van der Waals surface area (Å²) in [5, 5.41) is 0. The highest BCUT2D eigenvalue weighted by Gasteiger charge is 2.42. The highest BCUT2D eigenvalue weighted by atomic mass is 19.3. The van der Waals surface area contributed by atoms with Gasteiger partial charge in [-0.1, -0.05) is 32.6 Å². The molecule has 250 valence electrons. The molecule has 3 aromatic rings. The van der Waals surface area contributed by atoms with Gasteiger partial charge in [0.05, 0.1) is 5.56 Å². The number of rotatable bonds is 13. The van der Waals surface area contributed by atoms with Gasteiger partial charge in [-0.05, 0) is 79.5 Å². The Kier molecular flexibility index (Phi) is 11.2. The van der Waals surface area contributed by atoms with Crippen LogP contribution in [-0.4, -0.2) is 0 Å². The Bertz CT molecular complexity index is 1470. The van der Waals surface area contributed by atoms with Crippen molar-refractivity contribution in [3.05, 3.63) is 101 Å². The summed E-state index contributed by atoms with van der Waals surface area (Å²) in [6.07, 6.45) is -3.87. The average Bonchev–Trinajstić information content (AvgIpc) is 2.96. The molecule has 3 aromatic carbocycles. The van der Waals surface area contributed by atoms with E-state index in [1.54, 1.807) is 0 Å². The normalized spacial score (nSPS) is 17.0. The van der Waals surface area contributed by atoms with Gasteiger partial charge < -0.3 is 14.2 Å². The van der Waals surface area contributed by atoms with Crippen molar-refractivity contribution in [2.45, 2.75) is 76.4 Å². The van der Waals surface area contributed by atoms with Crippen LogP contribution in [-0.2, 0) is 12.2 Å². The van der Waals surface area contributed by atoms with Gasteiger partial charge in [0.2, 0.25) is 0 Å². The second-order valence-electron chi connectivity index (χ2n) is 11.1. The third-order valence-corrected chi connectivity index (χ3v) is 7.81. The van der Waals surface area contributed by atoms with Crippen LogP contribution < -0.4 is 14.2 Å². The van der Waals surface area contributed by atoms with E-state index in [0.29, 0.717) is 43.0 Å². The molecule has 46 heavy (non-hydrogen) atoms. The van der Waals surface area contributed by atoms with E-state index in [9.17, 15) is 43.9 Å². The van der Waals surface area contributed by atoms with E-state index >= 15 is 0 Å². The van der Waals surface area contributed by atoms with Crippen LogP contribution in [0.1, 0.15) is 80.9 Å². The highest BCUT2D eigenvalue weighted by molar-refractivity contribution is 5.37. The van der Waals surface area contributed by atoms with Gasteiger partial charge in [0, 0.05) is 12.1 Å². The molecule has 1 aliphatic carbocycles. The van der Waals surface area contributed by atoms with Crippen LogP contribution in [0.25, 0.3) is 0 Å². The molecule has 0 radical (unpaired) electrons. The van der Waals surface area contributed by atoms with Gasteiger partial charge in [0.15, 0.2) is 23.6 Å². The molecule has 0 saturated heterocycles. The largest absolute Gasteiger partial charge is 0.453 e. The Morgan fingerprint density at radius 2 is 1.30 bits per heavy atom. The minimum absolute atomic E-state index is 0.172. The monoisotopic (exact) mass is 664 g/mol. The fourth-order valence-corrected chi connectivity index (χ4v) is 5.51. The number of benzene rings is 3. The SMILES string of the molecule is CCCCCC1CCC(c2cc(F)c(C(F)(F)Oc3ccc(C(F)(F)Oc4cc(F)c(OC=C(F)F)c(F)c4)cc3)c(F)c2)CC1. The van der Waals surface area contributed by atoms with Gasteiger partial charge in [0.25, 0.3) is 0 Å². The van der Waals surface area contributed by atoms with Crippen molar-refractivity contribution < 1.29 is 58.1 Å². The number of hydrogen-bond acceptors (Lipinski definition) is 3. The zero-order chi connectivity index (χ0) is 33.6. The van der Waals surface area contributed by atoms with Crippen LogP contribution in [0.2, 0.25) is 0 Å². The molecule has 13 heteroatoms. The molecule has 0 N–H and O–H groups in total. The minimum atomic E-state index is -4.52. The maximum absolute atomic E-state index is 15.0. The first kappa shape index (κ1) is 35.0. The fraction of sp³-hybridized carbons (Fsp3) is 0.394. The molecule has 0 atom stereocenters. The molecule has 1 saturated carbocycles. The molecular formula is C33H30F10O3. The second kappa shape index (κ2) is 14.7. The Labute approximate surface area is 258 Å². The molecule has 0 aromatic heterocycles. The molecule has 0 amide bonds. The lowest BCUT2D eigenvalue weighted by atomic mass is 9.77. The van der Waals surface area contributed by atoms with Crippen molar-refractivity contribution in [3.8, 4) is 17.2 Å². The van der Waals surface area contributed by atoms with Crippen molar-refractivity contribution in [3.63, 3.8) is 0 Å². The highest BCUT2D eigenvalue weighted by Crippen LogP contribution is 2.42. The summed E-state index contributed by atoms with van der Waals surface area (Å²) in [6, 6.07) is 4.72. The lowest BCUT2D eigenvalue weighted by molar-refractivity contribution is -0.190. The van der Waals surface area contributed by atoms with Gasteiger partial charge >= 0.3 is 18.3 Å². The van der Waals surface area contributed by atoms with E-state index in [4.69, 9.17) is 0 Å². The van der Waals surface area contributed by atoms with Crippen LogP contribution in [0.3, 0.4) is 0 Å². The zero-order valence-electron chi connectivity index (χ0n) is 24.5. The first-order valence-electron chi connectivity index (χ1n) is 14.6. The van der Waals surface area contributed by atoms with Crippen molar-refractivity contribution >= 4 is 0 Å². The van der Waals surface area contributed by atoms with Crippen LogP contribution in [0.5, 0.6) is 17.2 Å². The Balaban J connectivity index is 1.42. The van der Waals surface area contributed by atoms with Gasteiger partial charge in [-0.15, -0.1) is 0 Å². The van der Waals surface area contributed by atoms with Gasteiger partial charge in [0.1, 0.15) is 28.7 Å². The number of ether oxygens (including phenoxy) is 3. The van der Waals surface area contributed by atoms with Crippen molar-refractivity contribution in [1.82, 2.24) is 0 Å². The van der Waals surface area contributed by atoms with Gasteiger partial charge in [-0.25, -0.2) is 17.6 Å². The van der Waals surface area contributed by atoms with Gasteiger partial charge in [-0.2, -0.15) is 26.3 Å². The molecule has 0 unspecified atom stereocenters. The number of halogens is 10. The average molecular weight is 665 g/mol. The second-order valence-corrected chi connectivity index (χ2v) is 11.1. The summed E-state index contributed by atoms with van der Waals surface area (Å²) in [4.78, 5) is 0. The molecule has 0 spiro atoms. The van der Waals surface area contributed by atoms with Crippen molar-refractivity contribution in [2.75, 3.05) is 0 Å². The third kappa shape index (κ3) is 8.67. The minimum Gasteiger partial charge on any atom is -0.453 e. The zero-order valence-corrected chi connectivity index (χ0v) is 24.5. The number of alkyl halides is 4. The summed E-state index contributed by atoms with van der Waals surface area (Å²) in [6.45, 7) is 2.12.